The van der Waals surface area contributed by atoms with Gasteiger partial charge in [0, 0.05) is 32.2 Å². The smallest absolute Gasteiger partial charge is 0.257 e. The summed E-state index contributed by atoms with van der Waals surface area (Å²) in [5.41, 5.74) is 0.0576. The zero-order chi connectivity index (χ0) is 18.0. The molecule has 8 nitrogen and oxygen atoms in total. The number of ether oxygens (including phenoxy) is 1. The van der Waals surface area contributed by atoms with Crippen LogP contribution >= 0.6 is 0 Å². The quantitative estimate of drug-likeness (QED) is 0.796. The first-order valence-electron chi connectivity index (χ1n) is 8.27. The number of amides is 1. The molecule has 0 radical (unpaired) electrons. The highest BCUT2D eigenvalue weighted by Gasteiger charge is 2.37. The molecule has 25 heavy (non-hydrogen) atoms. The first kappa shape index (κ1) is 18.0. The number of hydrogen-bond acceptors (Lipinski definition) is 6. The Morgan fingerprint density at radius 3 is 2.56 bits per heavy atom. The van der Waals surface area contributed by atoms with E-state index in [0.29, 0.717) is 45.7 Å². The normalized spacial score (nSPS) is 22.7. The van der Waals surface area contributed by atoms with Crippen molar-refractivity contribution in [2.45, 2.75) is 18.1 Å². The lowest BCUT2D eigenvalue weighted by Gasteiger charge is -2.36. The number of hydrogen-bond donors (Lipinski definition) is 2. The summed E-state index contributed by atoms with van der Waals surface area (Å²) in [6.07, 6.45) is 1.09. The second-order valence-electron chi connectivity index (χ2n) is 6.27. The third-order valence-electron chi connectivity index (χ3n) is 4.63. The van der Waals surface area contributed by atoms with E-state index in [-0.39, 0.29) is 23.6 Å². The van der Waals surface area contributed by atoms with Crippen LogP contribution in [0.15, 0.2) is 18.2 Å². The van der Waals surface area contributed by atoms with Crippen LogP contribution in [0.1, 0.15) is 23.2 Å². The van der Waals surface area contributed by atoms with Gasteiger partial charge in [-0.05, 0) is 25.0 Å². The number of likely N-dealkylation sites (tertiary alicyclic amines) is 1. The molecule has 0 bridgehead atoms. The van der Waals surface area contributed by atoms with Gasteiger partial charge in [-0.3, -0.25) is 4.79 Å². The van der Waals surface area contributed by atoms with Crippen molar-refractivity contribution in [2.75, 3.05) is 39.4 Å². The number of benzene rings is 1. The van der Waals surface area contributed by atoms with E-state index < -0.39 is 21.2 Å². The van der Waals surface area contributed by atoms with Gasteiger partial charge in [0.2, 0.25) is 10.0 Å². The summed E-state index contributed by atoms with van der Waals surface area (Å²) >= 11 is 0. The van der Waals surface area contributed by atoms with Crippen LogP contribution in [0.25, 0.3) is 0 Å². The Morgan fingerprint density at radius 1 is 1.16 bits per heavy atom. The zero-order valence-corrected chi connectivity index (χ0v) is 14.6. The Bertz CT molecular complexity index is 745. The van der Waals surface area contributed by atoms with Crippen molar-refractivity contribution in [3.63, 3.8) is 0 Å². The molecule has 0 aliphatic carbocycles. The lowest BCUT2D eigenvalue weighted by molar-refractivity contribution is 0.0684. The molecule has 1 aromatic rings. The first-order chi connectivity index (χ1) is 11.9. The Morgan fingerprint density at radius 2 is 1.88 bits per heavy atom. The number of aromatic hydroxyl groups is 2. The van der Waals surface area contributed by atoms with E-state index in [9.17, 15) is 23.4 Å². The van der Waals surface area contributed by atoms with Crippen LogP contribution in [0.2, 0.25) is 0 Å². The third kappa shape index (κ3) is 3.73. The number of carbonyl (C=O) groups is 1. The monoisotopic (exact) mass is 370 g/mol. The minimum atomic E-state index is -3.49. The van der Waals surface area contributed by atoms with Gasteiger partial charge in [-0.15, -0.1) is 0 Å². The molecule has 2 aliphatic rings. The molecule has 9 heteroatoms. The van der Waals surface area contributed by atoms with Crippen molar-refractivity contribution in [3.05, 3.63) is 23.8 Å². The SMILES string of the molecule is O=C(c1ccc(O)cc1O)N1CCCC(S(=O)(=O)N2CCOCC2)C1. The van der Waals surface area contributed by atoms with E-state index in [2.05, 4.69) is 0 Å². The average Bonchev–Trinajstić information content (AvgIpc) is 2.62. The summed E-state index contributed by atoms with van der Waals surface area (Å²) in [7, 11) is -3.49. The van der Waals surface area contributed by atoms with Gasteiger partial charge in [0.05, 0.1) is 24.0 Å². The van der Waals surface area contributed by atoms with Gasteiger partial charge < -0.3 is 19.8 Å². The molecule has 1 atom stereocenters. The van der Waals surface area contributed by atoms with Crippen molar-refractivity contribution < 1.29 is 28.2 Å². The van der Waals surface area contributed by atoms with E-state index in [1.165, 1.54) is 21.3 Å². The Balaban J connectivity index is 1.75. The van der Waals surface area contributed by atoms with Crippen LogP contribution < -0.4 is 0 Å². The minimum absolute atomic E-state index is 0.0576. The molecule has 1 amide bonds. The van der Waals surface area contributed by atoms with Crippen LogP contribution in [0, 0.1) is 0 Å². The molecule has 2 fully saturated rings. The topological polar surface area (TPSA) is 107 Å². The zero-order valence-electron chi connectivity index (χ0n) is 13.8. The van der Waals surface area contributed by atoms with E-state index in [0.717, 1.165) is 6.07 Å². The van der Waals surface area contributed by atoms with Gasteiger partial charge in [0.25, 0.3) is 5.91 Å². The maximum atomic E-state index is 12.8. The van der Waals surface area contributed by atoms with E-state index in [4.69, 9.17) is 4.74 Å². The Kier molecular flexibility index (Phi) is 5.16. The third-order valence-corrected chi connectivity index (χ3v) is 6.94. The molecule has 1 unspecified atom stereocenters. The van der Waals surface area contributed by atoms with Crippen LogP contribution in [-0.2, 0) is 14.8 Å². The van der Waals surface area contributed by atoms with E-state index in [1.807, 2.05) is 0 Å². The summed E-state index contributed by atoms with van der Waals surface area (Å²) in [6.45, 7) is 1.98. The fraction of sp³-hybridized carbons (Fsp3) is 0.562. The largest absolute Gasteiger partial charge is 0.508 e. The summed E-state index contributed by atoms with van der Waals surface area (Å²) in [5.74, 6) is -0.886. The number of phenolic OH excluding ortho intramolecular Hbond substituents is 2. The van der Waals surface area contributed by atoms with Crippen LogP contribution in [0.4, 0.5) is 0 Å². The number of piperidine rings is 1. The Hall–Kier alpha value is -1.84. The fourth-order valence-corrected chi connectivity index (χ4v) is 5.16. The number of nitrogens with zero attached hydrogens (tertiary/aromatic N) is 2. The highest BCUT2D eigenvalue weighted by Crippen LogP contribution is 2.27. The molecule has 0 spiro atoms. The molecule has 2 aliphatic heterocycles. The number of rotatable bonds is 3. The molecule has 0 saturated carbocycles. The van der Waals surface area contributed by atoms with Crippen LogP contribution in [-0.4, -0.2) is 78.4 Å². The molecule has 2 heterocycles. The summed E-state index contributed by atoms with van der Waals surface area (Å²) in [5, 5.41) is 18.6. The average molecular weight is 370 g/mol. The van der Waals surface area contributed by atoms with Crippen molar-refractivity contribution in [1.82, 2.24) is 9.21 Å². The van der Waals surface area contributed by atoms with E-state index in [1.54, 1.807) is 0 Å². The lowest BCUT2D eigenvalue weighted by Crippen LogP contribution is -2.51. The highest BCUT2D eigenvalue weighted by atomic mass is 32.2. The summed E-state index contributed by atoms with van der Waals surface area (Å²) < 4.78 is 32.3. The predicted octanol–water partition coefficient (Wildman–Crippen LogP) is 0.364. The molecule has 2 N–H and O–H groups in total. The molecule has 138 valence electrons. The number of sulfonamides is 1. The van der Waals surface area contributed by atoms with Crippen molar-refractivity contribution in [2.24, 2.45) is 0 Å². The molecule has 1 aromatic carbocycles. The molecular formula is C16H22N2O6S. The van der Waals surface area contributed by atoms with Crippen molar-refractivity contribution in [1.29, 1.82) is 0 Å². The van der Waals surface area contributed by atoms with Gasteiger partial charge in [-0.25, -0.2) is 8.42 Å². The van der Waals surface area contributed by atoms with E-state index >= 15 is 0 Å². The molecule has 2 saturated heterocycles. The first-order valence-corrected chi connectivity index (χ1v) is 9.78. The number of phenols is 2. The number of carbonyl (C=O) groups excluding carboxylic acids is 1. The Labute approximate surface area is 146 Å². The second kappa shape index (κ2) is 7.19. The predicted molar refractivity (Wildman–Crippen MR) is 90.0 cm³/mol. The summed E-state index contributed by atoms with van der Waals surface area (Å²) in [6, 6.07) is 3.76. The van der Waals surface area contributed by atoms with Crippen LogP contribution in [0.5, 0.6) is 11.5 Å². The second-order valence-corrected chi connectivity index (χ2v) is 8.49. The standard InChI is InChI=1S/C16H22N2O6S/c19-12-3-4-14(15(20)10-12)16(21)17-5-1-2-13(11-17)25(22,23)18-6-8-24-9-7-18/h3-4,10,13,19-20H,1-2,5-9,11H2. The van der Waals surface area contributed by atoms with Crippen molar-refractivity contribution >= 4 is 15.9 Å². The van der Waals surface area contributed by atoms with Gasteiger partial charge in [0.15, 0.2) is 0 Å². The summed E-state index contributed by atoms with van der Waals surface area (Å²) in [4.78, 5) is 14.1. The lowest BCUT2D eigenvalue weighted by atomic mass is 10.1. The maximum Gasteiger partial charge on any atom is 0.257 e. The maximum absolute atomic E-state index is 12.8. The fourth-order valence-electron chi connectivity index (χ4n) is 3.25. The van der Waals surface area contributed by atoms with Gasteiger partial charge in [0.1, 0.15) is 11.5 Å². The van der Waals surface area contributed by atoms with Gasteiger partial charge >= 0.3 is 0 Å². The molecular weight excluding hydrogens is 348 g/mol. The highest BCUT2D eigenvalue weighted by molar-refractivity contribution is 7.89. The molecule has 0 aromatic heterocycles. The number of morpholine rings is 1. The van der Waals surface area contributed by atoms with Gasteiger partial charge in [-0.1, -0.05) is 0 Å². The van der Waals surface area contributed by atoms with Crippen LogP contribution in [0.3, 0.4) is 0 Å². The van der Waals surface area contributed by atoms with Crippen molar-refractivity contribution in [3.8, 4) is 11.5 Å². The minimum Gasteiger partial charge on any atom is -0.508 e. The van der Waals surface area contributed by atoms with Gasteiger partial charge in [-0.2, -0.15) is 4.31 Å². The molecule has 3 rings (SSSR count).